The van der Waals surface area contributed by atoms with Crippen LogP contribution in [0.15, 0.2) is 21.8 Å². The van der Waals surface area contributed by atoms with Gasteiger partial charge in [-0.05, 0) is 62.9 Å². The van der Waals surface area contributed by atoms with Crippen molar-refractivity contribution < 1.29 is 5.11 Å². The summed E-state index contributed by atoms with van der Waals surface area (Å²) >= 11 is 1.59. The van der Waals surface area contributed by atoms with E-state index in [4.69, 9.17) is 0 Å². The molecule has 0 aliphatic heterocycles. The molecule has 1 heterocycles. The number of rotatable bonds is 9. The Kier molecular flexibility index (Phi) is 7.07. The number of nitrogens with zero attached hydrogens (tertiary/aromatic N) is 2. The summed E-state index contributed by atoms with van der Waals surface area (Å²) in [6, 6.07) is 3.31. The van der Waals surface area contributed by atoms with E-state index in [1.807, 2.05) is 23.8 Å². The molecule has 2 rings (SSSR count). The van der Waals surface area contributed by atoms with E-state index in [0.717, 1.165) is 37.2 Å². The van der Waals surface area contributed by atoms with Crippen molar-refractivity contribution in [1.82, 2.24) is 15.5 Å². The Balaban J connectivity index is 1.86. The molecule has 1 aromatic heterocycles. The van der Waals surface area contributed by atoms with Gasteiger partial charge in [0.05, 0.1) is 6.54 Å². The molecule has 1 aliphatic carbocycles. The van der Waals surface area contributed by atoms with Gasteiger partial charge in [0, 0.05) is 31.7 Å². The number of thiophene rings is 1. The molecule has 1 unspecified atom stereocenters. The van der Waals surface area contributed by atoms with E-state index in [1.165, 1.54) is 12.8 Å². The number of guanidine groups is 1. The fraction of sp³-hybridized carbons (Fsp3) is 0.722. The first kappa shape index (κ1) is 19.2. The third kappa shape index (κ3) is 5.76. The van der Waals surface area contributed by atoms with Gasteiger partial charge in [-0.15, -0.1) is 0 Å². The van der Waals surface area contributed by atoms with Gasteiger partial charge in [0.25, 0.3) is 0 Å². The molecule has 1 aliphatic rings. The molecule has 0 spiro atoms. The molecule has 0 saturated heterocycles. The highest BCUT2D eigenvalue weighted by atomic mass is 32.1. The smallest absolute Gasteiger partial charge is 0.191 e. The molecule has 136 valence electrons. The maximum absolute atomic E-state index is 10.6. The lowest BCUT2D eigenvalue weighted by Gasteiger charge is -2.27. The van der Waals surface area contributed by atoms with Gasteiger partial charge in [-0.3, -0.25) is 4.90 Å². The summed E-state index contributed by atoms with van der Waals surface area (Å²) in [5.74, 6) is 0.771. The zero-order valence-electron chi connectivity index (χ0n) is 15.4. The predicted molar refractivity (Wildman–Crippen MR) is 103 cm³/mol. The molecule has 0 bridgehead atoms. The van der Waals surface area contributed by atoms with E-state index >= 15 is 0 Å². The van der Waals surface area contributed by atoms with Gasteiger partial charge in [0.15, 0.2) is 5.96 Å². The van der Waals surface area contributed by atoms with Crippen LogP contribution in [0.25, 0.3) is 0 Å². The lowest BCUT2D eigenvalue weighted by Crippen LogP contribution is -2.44. The molecule has 3 N–H and O–H groups in total. The minimum Gasteiger partial charge on any atom is -0.383 e. The van der Waals surface area contributed by atoms with Gasteiger partial charge in [0.1, 0.15) is 5.60 Å². The summed E-state index contributed by atoms with van der Waals surface area (Å²) in [5, 5.41) is 21.2. The van der Waals surface area contributed by atoms with Gasteiger partial charge >= 0.3 is 0 Å². The van der Waals surface area contributed by atoms with Crippen LogP contribution in [0, 0.1) is 0 Å². The molecular weight excluding hydrogens is 320 g/mol. The Hall–Kier alpha value is -1.11. The molecular formula is C18H32N4OS. The summed E-state index contributed by atoms with van der Waals surface area (Å²) in [6.07, 6.45) is 2.66. The zero-order valence-corrected chi connectivity index (χ0v) is 16.2. The van der Waals surface area contributed by atoms with E-state index in [1.54, 1.807) is 11.3 Å². The van der Waals surface area contributed by atoms with Crippen LogP contribution in [-0.4, -0.2) is 54.2 Å². The number of aliphatic hydroxyl groups is 1. The molecule has 1 fully saturated rings. The van der Waals surface area contributed by atoms with Crippen molar-refractivity contribution in [2.24, 2.45) is 4.99 Å². The van der Waals surface area contributed by atoms with Gasteiger partial charge in [-0.25, -0.2) is 4.99 Å². The van der Waals surface area contributed by atoms with E-state index in [9.17, 15) is 5.11 Å². The Morgan fingerprint density at radius 1 is 1.46 bits per heavy atom. The van der Waals surface area contributed by atoms with Crippen LogP contribution >= 0.6 is 11.3 Å². The van der Waals surface area contributed by atoms with Crippen molar-refractivity contribution in [2.45, 2.75) is 58.2 Å². The Morgan fingerprint density at radius 3 is 2.75 bits per heavy atom. The van der Waals surface area contributed by atoms with E-state index in [-0.39, 0.29) is 0 Å². The van der Waals surface area contributed by atoms with Crippen molar-refractivity contribution in [3.63, 3.8) is 0 Å². The zero-order chi connectivity index (χ0) is 17.6. The molecule has 24 heavy (non-hydrogen) atoms. The minimum atomic E-state index is -0.930. The summed E-state index contributed by atoms with van der Waals surface area (Å²) in [5.41, 5.74) is -0.00725. The molecule has 1 saturated carbocycles. The van der Waals surface area contributed by atoms with Crippen molar-refractivity contribution in [2.75, 3.05) is 26.2 Å². The standard InChI is InChI=1S/C18H32N4OS/c1-5-19-17(20-9-10-22(14(2)3)16-6-7-16)21-13-18(4,23)15-8-11-24-12-15/h8,11-12,14,16,23H,5-7,9-10,13H2,1-4H3,(H2,19,20,21). The van der Waals surface area contributed by atoms with Crippen molar-refractivity contribution in [3.05, 3.63) is 22.4 Å². The van der Waals surface area contributed by atoms with E-state index in [0.29, 0.717) is 12.6 Å². The summed E-state index contributed by atoms with van der Waals surface area (Å²) in [4.78, 5) is 7.13. The fourth-order valence-corrected chi connectivity index (χ4v) is 3.59. The third-order valence-electron chi connectivity index (χ3n) is 4.37. The predicted octanol–water partition coefficient (Wildman–Crippen LogP) is 2.38. The average molecular weight is 353 g/mol. The lowest BCUT2D eigenvalue weighted by molar-refractivity contribution is 0.0677. The molecule has 6 heteroatoms. The quantitative estimate of drug-likeness (QED) is 0.472. The van der Waals surface area contributed by atoms with Gasteiger partial charge in [0.2, 0.25) is 0 Å². The first-order valence-electron chi connectivity index (χ1n) is 8.97. The van der Waals surface area contributed by atoms with Gasteiger partial charge in [-0.1, -0.05) is 0 Å². The first-order valence-corrected chi connectivity index (χ1v) is 9.91. The summed E-state index contributed by atoms with van der Waals surface area (Å²) in [7, 11) is 0. The number of hydrogen-bond acceptors (Lipinski definition) is 4. The number of aliphatic imine (C=N–C) groups is 1. The van der Waals surface area contributed by atoms with E-state index < -0.39 is 5.60 Å². The molecule has 5 nitrogen and oxygen atoms in total. The Bertz CT molecular complexity index is 507. The van der Waals surface area contributed by atoms with Gasteiger partial charge < -0.3 is 15.7 Å². The van der Waals surface area contributed by atoms with Crippen LogP contribution in [-0.2, 0) is 5.60 Å². The van der Waals surface area contributed by atoms with E-state index in [2.05, 4.69) is 41.3 Å². The second kappa shape index (κ2) is 8.83. The van der Waals surface area contributed by atoms with Crippen molar-refractivity contribution in [1.29, 1.82) is 0 Å². The topological polar surface area (TPSA) is 59.9 Å². The normalized spacial score (nSPS) is 18.0. The van der Waals surface area contributed by atoms with Crippen LogP contribution in [0.4, 0.5) is 0 Å². The van der Waals surface area contributed by atoms with Crippen LogP contribution in [0.2, 0.25) is 0 Å². The molecule has 0 radical (unpaired) electrons. The maximum Gasteiger partial charge on any atom is 0.191 e. The Morgan fingerprint density at radius 2 is 2.21 bits per heavy atom. The lowest BCUT2D eigenvalue weighted by atomic mass is 10.00. The SMILES string of the molecule is CCNC(=NCC(C)(O)c1ccsc1)NCCN(C(C)C)C1CC1. The summed E-state index contributed by atoms with van der Waals surface area (Å²) < 4.78 is 0. The monoisotopic (exact) mass is 352 g/mol. The highest BCUT2D eigenvalue weighted by Crippen LogP contribution is 2.28. The average Bonchev–Trinajstić information content (AvgIpc) is 3.19. The minimum absolute atomic E-state index is 0.343. The number of hydrogen-bond donors (Lipinski definition) is 3. The Labute approximate surface area is 150 Å². The maximum atomic E-state index is 10.6. The molecule has 1 atom stereocenters. The number of nitrogens with one attached hydrogen (secondary N) is 2. The van der Waals surface area contributed by atoms with Crippen molar-refractivity contribution in [3.8, 4) is 0 Å². The van der Waals surface area contributed by atoms with Crippen LogP contribution in [0.3, 0.4) is 0 Å². The van der Waals surface area contributed by atoms with Crippen LogP contribution < -0.4 is 10.6 Å². The molecule has 1 aromatic rings. The second-order valence-corrected chi connectivity index (χ2v) is 7.75. The van der Waals surface area contributed by atoms with Crippen molar-refractivity contribution >= 4 is 17.3 Å². The molecule has 0 amide bonds. The van der Waals surface area contributed by atoms with Gasteiger partial charge in [-0.2, -0.15) is 11.3 Å². The molecule has 0 aromatic carbocycles. The fourth-order valence-electron chi connectivity index (χ4n) is 2.81. The second-order valence-electron chi connectivity index (χ2n) is 6.97. The largest absolute Gasteiger partial charge is 0.383 e. The highest BCUT2D eigenvalue weighted by molar-refractivity contribution is 7.08. The summed E-state index contributed by atoms with van der Waals surface area (Å²) in [6.45, 7) is 11.4. The van der Waals surface area contributed by atoms with Crippen LogP contribution in [0.5, 0.6) is 0 Å². The first-order chi connectivity index (χ1) is 11.4. The van der Waals surface area contributed by atoms with Crippen LogP contribution in [0.1, 0.15) is 46.1 Å². The highest BCUT2D eigenvalue weighted by Gasteiger charge is 2.30. The third-order valence-corrected chi connectivity index (χ3v) is 5.06.